The Balaban J connectivity index is 1.13. The fourth-order valence-electron chi connectivity index (χ4n) is 9.07. The Morgan fingerprint density at radius 1 is 0.424 bits per heavy atom. The van der Waals surface area contributed by atoms with Crippen LogP contribution in [0.25, 0.3) is 93.5 Å². The summed E-state index contributed by atoms with van der Waals surface area (Å²) in [5, 5.41) is 9.48. The first-order valence-corrected chi connectivity index (χ1v) is 20.0. The molecule has 0 radical (unpaired) electrons. The lowest BCUT2D eigenvalue weighted by atomic mass is 9.99. The normalized spacial score (nSPS) is 11.7. The molecule has 0 aliphatic rings. The fourth-order valence-corrected chi connectivity index (χ4v) is 9.07. The molecule has 0 N–H and O–H groups in total. The molecule has 0 saturated heterocycles. The second kappa shape index (κ2) is 13.3. The van der Waals surface area contributed by atoms with Crippen molar-refractivity contribution in [3.8, 4) is 28.3 Å². The van der Waals surface area contributed by atoms with E-state index in [0.29, 0.717) is 5.89 Å². The number of hydrogen-bond donors (Lipinski definition) is 0. The van der Waals surface area contributed by atoms with Gasteiger partial charge in [-0.25, -0.2) is 4.98 Å². The van der Waals surface area contributed by atoms with E-state index in [-0.39, 0.29) is 0 Å². The second-order valence-electron chi connectivity index (χ2n) is 15.1. The van der Waals surface area contributed by atoms with Crippen LogP contribution in [-0.4, -0.2) is 9.55 Å². The predicted molar refractivity (Wildman–Crippen MR) is 246 cm³/mol. The third-order valence-electron chi connectivity index (χ3n) is 11.8. The molecule has 0 saturated carbocycles. The van der Waals surface area contributed by atoms with Crippen molar-refractivity contribution in [1.82, 2.24) is 9.55 Å². The molecule has 12 aromatic rings. The van der Waals surface area contributed by atoms with Crippen molar-refractivity contribution < 1.29 is 4.42 Å². The smallest absolute Gasteiger partial charge is 0.228 e. The van der Waals surface area contributed by atoms with Crippen molar-refractivity contribution in [1.29, 1.82) is 0 Å². The Kier molecular flexibility index (Phi) is 7.50. The number of hydrogen-bond acceptors (Lipinski definition) is 3. The third kappa shape index (κ3) is 5.34. The number of oxazole rings is 1. The van der Waals surface area contributed by atoms with Gasteiger partial charge < -0.3 is 13.9 Å². The lowest BCUT2D eigenvalue weighted by Gasteiger charge is -2.27. The monoisotopic (exact) mass is 753 g/mol. The van der Waals surface area contributed by atoms with E-state index in [2.05, 4.69) is 216 Å². The Bertz CT molecular complexity index is 3560. The van der Waals surface area contributed by atoms with E-state index < -0.39 is 0 Å². The first-order valence-electron chi connectivity index (χ1n) is 20.0. The minimum absolute atomic E-state index is 0.598. The molecule has 0 aliphatic heterocycles. The van der Waals surface area contributed by atoms with Crippen LogP contribution in [0.5, 0.6) is 0 Å². The van der Waals surface area contributed by atoms with E-state index >= 15 is 0 Å². The second-order valence-corrected chi connectivity index (χ2v) is 15.1. The SMILES string of the molecule is c1ccc(-n2c3ccccc3c3c4ccccc4c(N(c4ccc(-c5ccc6ccccc6c5)cc4)c4cccc5nc(-c6cccc7ccccc67)oc45)cc32)cc1. The highest BCUT2D eigenvalue weighted by atomic mass is 16.3. The maximum absolute atomic E-state index is 6.93. The zero-order chi connectivity index (χ0) is 38.9. The molecule has 0 aliphatic carbocycles. The summed E-state index contributed by atoms with van der Waals surface area (Å²) in [5.41, 5.74) is 11.2. The van der Waals surface area contributed by atoms with Crippen molar-refractivity contribution in [3.05, 3.63) is 212 Å². The van der Waals surface area contributed by atoms with Crippen LogP contribution in [0.1, 0.15) is 0 Å². The van der Waals surface area contributed by atoms with Crippen LogP contribution in [0.4, 0.5) is 17.1 Å². The fraction of sp³-hybridized carbons (Fsp3) is 0. The summed E-state index contributed by atoms with van der Waals surface area (Å²) in [6.07, 6.45) is 0. The lowest BCUT2D eigenvalue weighted by Crippen LogP contribution is -2.11. The molecule has 0 amide bonds. The number of benzene rings is 10. The van der Waals surface area contributed by atoms with Gasteiger partial charge in [-0.1, -0.05) is 152 Å². The van der Waals surface area contributed by atoms with Gasteiger partial charge in [-0.15, -0.1) is 0 Å². The van der Waals surface area contributed by atoms with Crippen LogP contribution in [0.15, 0.2) is 217 Å². The van der Waals surface area contributed by atoms with E-state index in [9.17, 15) is 0 Å². The molecule has 0 atom stereocenters. The van der Waals surface area contributed by atoms with Gasteiger partial charge in [0, 0.05) is 33.1 Å². The lowest BCUT2D eigenvalue weighted by molar-refractivity contribution is 0.621. The predicted octanol–water partition coefficient (Wildman–Crippen LogP) is 15.2. The van der Waals surface area contributed by atoms with E-state index in [4.69, 9.17) is 9.40 Å². The number of fused-ring (bicyclic) bond motifs is 8. The van der Waals surface area contributed by atoms with E-state index in [0.717, 1.165) is 66.7 Å². The molecule has 2 heterocycles. The van der Waals surface area contributed by atoms with Crippen LogP contribution < -0.4 is 4.90 Å². The highest BCUT2D eigenvalue weighted by Crippen LogP contribution is 2.47. The molecule has 2 aromatic heterocycles. The molecular formula is C55H35N3O. The quantitative estimate of drug-likeness (QED) is 0.170. The van der Waals surface area contributed by atoms with Gasteiger partial charge in [0.1, 0.15) is 5.52 Å². The molecule has 12 rings (SSSR count). The van der Waals surface area contributed by atoms with Crippen molar-refractivity contribution in [2.45, 2.75) is 0 Å². The molecule has 0 spiro atoms. The highest BCUT2D eigenvalue weighted by molar-refractivity contribution is 6.25. The Morgan fingerprint density at radius 2 is 1.08 bits per heavy atom. The van der Waals surface area contributed by atoms with E-state index in [1.165, 1.54) is 38.0 Å². The van der Waals surface area contributed by atoms with E-state index in [1.807, 2.05) is 6.07 Å². The van der Waals surface area contributed by atoms with Gasteiger partial charge in [-0.2, -0.15) is 0 Å². The Hall–Kier alpha value is -7.95. The summed E-state index contributed by atoms with van der Waals surface area (Å²) in [6.45, 7) is 0. The first-order chi connectivity index (χ1) is 29.3. The van der Waals surface area contributed by atoms with Gasteiger partial charge in [0.05, 0.1) is 22.4 Å². The van der Waals surface area contributed by atoms with Gasteiger partial charge in [-0.05, 0) is 98.7 Å². The Labute approximate surface area is 340 Å². The average molecular weight is 754 g/mol. The van der Waals surface area contributed by atoms with Crippen molar-refractivity contribution in [2.75, 3.05) is 4.90 Å². The topological polar surface area (TPSA) is 34.2 Å². The maximum Gasteiger partial charge on any atom is 0.228 e. The average Bonchev–Trinajstić information content (AvgIpc) is 3.89. The van der Waals surface area contributed by atoms with Crippen molar-refractivity contribution in [2.24, 2.45) is 0 Å². The summed E-state index contributed by atoms with van der Waals surface area (Å²) in [4.78, 5) is 7.50. The van der Waals surface area contributed by atoms with Crippen LogP contribution in [0.3, 0.4) is 0 Å². The highest BCUT2D eigenvalue weighted by Gasteiger charge is 2.25. The molecule has 0 unspecified atom stereocenters. The number of rotatable bonds is 6. The van der Waals surface area contributed by atoms with Crippen LogP contribution in [0.2, 0.25) is 0 Å². The first kappa shape index (κ1) is 33.2. The van der Waals surface area contributed by atoms with Gasteiger partial charge in [0.15, 0.2) is 5.58 Å². The zero-order valence-corrected chi connectivity index (χ0v) is 32.0. The molecule has 4 heteroatoms. The molecule has 276 valence electrons. The number of nitrogens with zero attached hydrogens (tertiary/aromatic N) is 3. The van der Waals surface area contributed by atoms with Gasteiger partial charge in [0.2, 0.25) is 5.89 Å². The molecule has 0 bridgehead atoms. The third-order valence-corrected chi connectivity index (χ3v) is 11.8. The molecular weight excluding hydrogens is 719 g/mol. The standard InChI is InChI=1S/C55H35N3O/c1-2-18-41(19-3-1)57-49-26-11-10-23-47(49)53-45-22-9-8-21-44(45)51(35-52(53)57)58(42-32-30-37(31-33-42)40-29-28-36-14-4-5-16-39(36)34-40)50-27-13-25-48-54(50)59-55(56-48)46-24-12-17-38-15-6-7-20-43(38)46/h1-35H. The van der Waals surface area contributed by atoms with Crippen LogP contribution in [0, 0.1) is 0 Å². The van der Waals surface area contributed by atoms with Crippen LogP contribution >= 0.6 is 0 Å². The molecule has 0 fully saturated rings. The maximum atomic E-state index is 6.93. The van der Waals surface area contributed by atoms with Gasteiger partial charge in [0.25, 0.3) is 0 Å². The number of anilines is 3. The van der Waals surface area contributed by atoms with Crippen molar-refractivity contribution >= 4 is 82.3 Å². The van der Waals surface area contributed by atoms with Gasteiger partial charge in [-0.3, -0.25) is 0 Å². The summed E-state index contributed by atoms with van der Waals surface area (Å²) < 4.78 is 9.33. The number of aromatic nitrogens is 2. The van der Waals surface area contributed by atoms with Gasteiger partial charge >= 0.3 is 0 Å². The summed E-state index contributed by atoms with van der Waals surface area (Å²) >= 11 is 0. The van der Waals surface area contributed by atoms with Crippen LogP contribution in [-0.2, 0) is 0 Å². The summed E-state index contributed by atoms with van der Waals surface area (Å²) in [6, 6.07) is 75.7. The van der Waals surface area contributed by atoms with E-state index in [1.54, 1.807) is 0 Å². The number of para-hydroxylation sites is 3. The largest absolute Gasteiger partial charge is 0.434 e. The minimum Gasteiger partial charge on any atom is -0.434 e. The summed E-state index contributed by atoms with van der Waals surface area (Å²) in [5.74, 6) is 0.598. The molecule has 59 heavy (non-hydrogen) atoms. The molecule has 10 aromatic carbocycles. The minimum atomic E-state index is 0.598. The summed E-state index contributed by atoms with van der Waals surface area (Å²) in [7, 11) is 0. The Morgan fingerprint density at radius 3 is 1.93 bits per heavy atom. The van der Waals surface area contributed by atoms with Crippen molar-refractivity contribution in [3.63, 3.8) is 0 Å². The molecule has 4 nitrogen and oxygen atoms in total. The zero-order valence-electron chi connectivity index (χ0n) is 32.0.